The first kappa shape index (κ1) is 12.9. The molecule has 1 amide bonds. The van der Waals surface area contributed by atoms with Crippen LogP contribution in [-0.4, -0.2) is 40.3 Å². The highest BCUT2D eigenvalue weighted by Crippen LogP contribution is 2.21. The molecule has 1 aliphatic heterocycles. The Morgan fingerprint density at radius 1 is 1.50 bits per heavy atom. The van der Waals surface area contributed by atoms with Crippen LogP contribution in [0.5, 0.6) is 0 Å². The molecule has 1 aromatic rings. The third kappa shape index (κ3) is 3.01. The Morgan fingerprint density at radius 3 is 2.78 bits per heavy atom. The molecular weight excluding hydrogens is 250 g/mol. The predicted octanol–water partition coefficient (Wildman–Crippen LogP) is 0.673. The van der Waals surface area contributed by atoms with Crippen molar-refractivity contribution in [3.8, 4) is 0 Å². The van der Waals surface area contributed by atoms with Crippen LogP contribution in [0.15, 0.2) is 18.3 Å². The van der Waals surface area contributed by atoms with Gasteiger partial charge in [0, 0.05) is 35.2 Å². The molecule has 2 rings (SSSR count). The van der Waals surface area contributed by atoms with Crippen LogP contribution >= 0.6 is 0 Å². The third-order valence-electron chi connectivity index (χ3n) is 2.75. The number of anilines is 1. The van der Waals surface area contributed by atoms with Crippen molar-refractivity contribution in [3.05, 3.63) is 23.9 Å². The monoisotopic (exact) mass is 267 g/mol. The molecule has 0 spiro atoms. The maximum absolute atomic E-state index is 12.0. The highest BCUT2D eigenvalue weighted by Gasteiger charge is 2.20. The van der Waals surface area contributed by atoms with Crippen LogP contribution in [0.1, 0.15) is 23.2 Å². The molecule has 5 nitrogen and oxygen atoms in total. The molecule has 1 saturated heterocycles. The molecule has 2 heterocycles. The lowest BCUT2D eigenvalue weighted by Gasteiger charge is -2.19. The second kappa shape index (κ2) is 4.97. The molecule has 18 heavy (non-hydrogen) atoms. The fourth-order valence-corrected chi connectivity index (χ4v) is 2.51. The van der Waals surface area contributed by atoms with Gasteiger partial charge in [-0.1, -0.05) is 0 Å². The van der Waals surface area contributed by atoms with Gasteiger partial charge in [-0.25, -0.2) is 9.19 Å². The van der Waals surface area contributed by atoms with Gasteiger partial charge in [0.2, 0.25) is 0 Å². The maximum Gasteiger partial charge on any atom is 0.266 e. The Labute approximate surface area is 107 Å². The molecule has 0 aliphatic carbocycles. The molecule has 1 aromatic heterocycles. The molecule has 0 aromatic carbocycles. The molecule has 98 valence electrons. The van der Waals surface area contributed by atoms with E-state index in [0.29, 0.717) is 11.4 Å². The maximum atomic E-state index is 12.0. The highest BCUT2D eigenvalue weighted by molar-refractivity contribution is 7.98. The minimum atomic E-state index is -2.56. The average molecular weight is 267 g/mol. The van der Waals surface area contributed by atoms with E-state index in [2.05, 4.69) is 20.5 Å². The zero-order valence-electron chi connectivity index (χ0n) is 10.4. The van der Waals surface area contributed by atoms with Gasteiger partial charge in [-0.2, -0.15) is 0 Å². The smallest absolute Gasteiger partial charge is 0.266 e. The van der Waals surface area contributed by atoms with Gasteiger partial charge in [-0.3, -0.25) is 9.52 Å². The summed E-state index contributed by atoms with van der Waals surface area (Å²) in [4.78, 5) is 18.4. The first-order valence-electron chi connectivity index (χ1n) is 5.82. The van der Waals surface area contributed by atoms with Crippen LogP contribution in [0.25, 0.3) is 0 Å². The Kier molecular flexibility index (Phi) is 3.56. The van der Waals surface area contributed by atoms with Gasteiger partial charge in [0.1, 0.15) is 5.82 Å². The number of rotatable bonds is 3. The fourth-order valence-electron chi connectivity index (χ4n) is 2.01. The molecule has 0 bridgehead atoms. The first-order valence-corrected chi connectivity index (χ1v) is 7.95. The summed E-state index contributed by atoms with van der Waals surface area (Å²) < 4.78 is 13.9. The number of nitrogens with one attached hydrogen (secondary N) is 1. The van der Waals surface area contributed by atoms with Crippen molar-refractivity contribution < 1.29 is 9.00 Å². The minimum absolute atomic E-state index is 0.382. The van der Waals surface area contributed by atoms with Crippen LogP contribution in [0.4, 0.5) is 5.82 Å². The largest absolute Gasteiger partial charge is 0.356 e. The van der Waals surface area contributed by atoms with E-state index in [9.17, 15) is 9.00 Å². The van der Waals surface area contributed by atoms with E-state index in [1.165, 1.54) is 6.26 Å². The van der Waals surface area contributed by atoms with Gasteiger partial charge >= 0.3 is 0 Å². The number of hydrogen-bond donors (Lipinski definition) is 1. The molecule has 0 radical (unpaired) electrons. The number of hydrogen-bond acceptors (Lipinski definition) is 4. The topological polar surface area (TPSA) is 62.3 Å². The number of pyridine rings is 1. The van der Waals surface area contributed by atoms with Crippen molar-refractivity contribution in [3.63, 3.8) is 0 Å². The summed E-state index contributed by atoms with van der Waals surface area (Å²) in [7, 11) is -2.56. The standard InChI is InChI=1S/C12H17N3O2S/c1-18(2,17)14-12(16)10-6-5-7-13-11(10)15-8-3-4-9-15/h5-7H,1,3-4,8-9H2,2H3,(H,14,16,17). The second-order valence-corrected chi connectivity index (χ2v) is 6.72. The lowest BCUT2D eigenvalue weighted by molar-refractivity contribution is 0.0983. The zero-order valence-corrected chi connectivity index (χ0v) is 11.2. The van der Waals surface area contributed by atoms with E-state index in [1.807, 2.05) is 0 Å². The lowest BCUT2D eigenvalue weighted by Crippen LogP contribution is -2.31. The van der Waals surface area contributed by atoms with Crippen molar-refractivity contribution >= 4 is 27.3 Å². The van der Waals surface area contributed by atoms with Crippen LogP contribution in [-0.2, 0) is 9.71 Å². The number of aromatic nitrogens is 1. The van der Waals surface area contributed by atoms with Gasteiger partial charge in [0.15, 0.2) is 0 Å². The van der Waals surface area contributed by atoms with Crippen LogP contribution in [0, 0.1) is 0 Å². The number of carbonyl (C=O) groups excluding carboxylic acids is 1. The number of nitrogens with zero attached hydrogens (tertiary/aromatic N) is 2. The SMILES string of the molecule is C=S(C)(=O)NC(=O)c1cccnc1N1CCCC1. The summed E-state index contributed by atoms with van der Waals surface area (Å²) in [5.74, 6) is 3.71. The molecule has 6 heteroatoms. The van der Waals surface area contributed by atoms with Crippen molar-refractivity contribution in [1.82, 2.24) is 9.71 Å². The Balaban J connectivity index is 2.29. The molecule has 1 aliphatic rings. The van der Waals surface area contributed by atoms with E-state index >= 15 is 0 Å². The molecule has 1 N–H and O–H groups in total. The Morgan fingerprint density at radius 2 is 2.17 bits per heavy atom. The zero-order chi connectivity index (χ0) is 13.2. The van der Waals surface area contributed by atoms with E-state index in [1.54, 1.807) is 18.3 Å². The summed E-state index contributed by atoms with van der Waals surface area (Å²) in [6.45, 7) is 1.81. The molecule has 1 unspecified atom stereocenters. The van der Waals surface area contributed by atoms with Crippen LogP contribution in [0.3, 0.4) is 0 Å². The normalized spacial score (nSPS) is 18.4. The molecular formula is C12H17N3O2S. The summed E-state index contributed by atoms with van der Waals surface area (Å²) in [6, 6.07) is 3.40. The van der Waals surface area contributed by atoms with Crippen LogP contribution < -0.4 is 9.62 Å². The van der Waals surface area contributed by atoms with E-state index in [0.717, 1.165) is 25.9 Å². The van der Waals surface area contributed by atoms with Crippen LogP contribution in [0.2, 0.25) is 0 Å². The van der Waals surface area contributed by atoms with E-state index in [4.69, 9.17) is 0 Å². The third-order valence-corrected chi connectivity index (χ3v) is 3.36. The van der Waals surface area contributed by atoms with Gasteiger partial charge < -0.3 is 4.90 Å². The number of carbonyl (C=O) groups is 1. The molecule has 1 fully saturated rings. The first-order chi connectivity index (χ1) is 8.47. The predicted molar refractivity (Wildman–Crippen MR) is 74.3 cm³/mol. The quantitative estimate of drug-likeness (QED) is 0.818. The second-order valence-electron chi connectivity index (χ2n) is 4.50. The fraction of sp³-hybridized carbons (Fsp3) is 0.417. The molecule has 0 saturated carbocycles. The van der Waals surface area contributed by atoms with E-state index in [-0.39, 0.29) is 5.91 Å². The lowest BCUT2D eigenvalue weighted by atomic mass is 10.2. The van der Waals surface area contributed by atoms with Crippen molar-refractivity contribution in [1.29, 1.82) is 0 Å². The van der Waals surface area contributed by atoms with Crippen molar-refractivity contribution in [2.24, 2.45) is 0 Å². The summed E-state index contributed by atoms with van der Waals surface area (Å²) in [6.07, 6.45) is 5.28. The van der Waals surface area contributed by atoms with Gasteiger partial charge in [-0.15, -0.1) is 0 Å². The summed E-state index contributed by atoms with van der Waals surface area (Å²) >= 11 is 0. The van der Waals surface area contributed by atoms with Gasteiger partial charge in [0.25, 0.3) is 5.91 Å². The molecule has 1 atom stereocenters. The van der Waals surface area contributed by atoms with E-state index < -0.39 is 9.71 Å². The average Bonchev–Trinajstić information content (AvgIpc) is 2.80. The Hall–Kier alpha value is -1.56. The Bertz CT molecular complexity index is 548. The van der Waals surface area contributed by atoms with Crippen molar-refractivity contribution in [2.45, 2.75) is 12.8 Å². The number of amides is 1. The van der Waals surface area contributed by atoms with Gasteiger partial charge in [0.05, 0.1) is 5.56 Å². The minimum Gasteiger partial charge on any atom is -0.356 e. The summed E-state index contributed by atoms with van der Waals surface area (Å²) in [5, 5.41) is 0. The van der Waals surface area contributed by atoms with Gasteiger partial charge in [-0.05, 0) is 30.8 Å². The summed E-state index contributed by atoms with van der Waals surface area (Å²) in [5.41, 5.74) is 0.456. The highest BCUT2D eigenvalue weighted by atomic mass is 32.2. The van der Waals surface area contributed by atoms with Crippen molar-refractivity contribution in [2.75, 3.05) is 24.2 Å².